The molecule has 0 aliphatic rings. The quantitative estimate of drug-likeness (QED) is 0.795. The van der Waals surface area contributed by atoms with Gasteiger partial charge in [-0.3, -0.25) is 5.10 Å². The Bertz CT molecular complexity index is 524. The van der Waals surface area contributed by atoms with E-state index in [9.17, 15) is 0 Å². The zero-order valence-corrected chi connectivity index (χ0v) is 8.73. The normalized spacial score (nSPS) is 9.75. The Balaban J connectivity index is 2.05. The highest BCUT2D eigenvalue weighted by atomic mass is 15.1. The van der Waals surface area contributed by atoms with Crippen molar-refractivity contribution in [3.8, 4) is 6.07 Å². The third kappa shape index (κ3) is 2.15. The maximum absolute atomic E-state index is 8.68. The first kappa shape index (κ1) is 10.1. The minimum atomic E-state index is 0.349. The van der Waals surface area contributed by atoms with Crippen LogP contribution in [0.25, 0.3) is 0 Å². The standard InChI is InChI=1S/C10H10N6/c1-7-8(6-14-16-7)5-13-10-12-3-2-9(4-11)15-10/h2-3,6H,5H2,1H3,(H,14,16)(H,12,13,15). The van der Waals surface area contributed by atoms with E-state index >= 15 is 0 Å². The Morgan fingerprint density at radius 1 is 1.56 bits per heavy atom. The van der Waals surface area contributed by atoms with Gasteiger partial charge in [-0.2, -0.15) is 10.4 Å². The molecule has 0 bridgehead atoms. The average molecular weight is 214 g/mol. The van der Waals surface area contributed by atoms with E-state index in [2.05, 4.69) is 25.5 Å². The molecule has 2 rings (SSSR count). The van der Waals surface area contributed by atoms with E-state index < -0.39 is 0 Å². The van der Waals surface area contributed by atoms with E-state index in [1.165, 1.54) is 0 Å². The van der Waals surface area contributed by atoms with Gasteiger partial charge in [0.25, 0.3) is 0 Å². The number of hydrogen-bond donors (Lipinski definition) is 2. The monoisotopic (exact) mass is 214 g/mol. The predicted octanol–water partition coefficient (Wildman–Crippen LogP) is 0.992. The van der Waals surface area contributed by atoms with E-state index in [0.29, 0.717) is 18.2 Å². The van der Waals surface area contributed by atoms with Crippen LogP contribution in [-0.2, 0) is 6.54 Å². The van der Waals surface area contributed by atoms with Crippen molar-refractivity contribution in [3.63, 3.8) is 0 Å². The number of aromatic nitrogens is 4. The second kappa shape index (κ2) is 4.40. The number of rotatable bonds is 3. The molecular weight excluding hydrogens is 204 g/mol. The molecular formula is C10H10N6. The zero-order chi connectivity index (χ0) is 11.4. The Morgan fingerprint density at radius 3 is 3.12 bits per heavy atom. The van der Waals surface area contributed by atoms with Gasteiger partial charge in [-0.15, -0.1) is 0 Å². The molecule has 6 nitrogen and oxygen atoms in total. The lowest BCUT2D eigenvalue weighted by atomic mass is 10.3. The van der Waals surface area contributed by atoms with E-state index in [0.717, 1.165) is 11.3 Å². The molecule has 0 saturated carbocycles. The maximum Gasteiger partial charge on any atom is 0.224 e. The Kier molecular flexibility index (Phi) is 2.78. The van der Waals surface area contributed by atoms with Crippen LogP contribution >= 0.6 is 0 Å². The summed E-state index contributed by atoms with van der Waals surface area (Å²) >= 11 is 0. The molecule has 2 aromatic heterocycles. The minimum Gasteiger partial charge on any atom is -0.350 e. The molecule has 0 aromatic carbocycles. The van der Waals surface area contributed by atoms with Crippen LogP contribution in [0.3, 0.4) is 0 Å². The molecule has 0 fully saturated rings. The van der Waals surface area contributed by atoms with Crippen LogP contribution in [-0.4, -0.2) is 20.2 Å². The highest BCUT2D eigenvalue weighted by molar-refractivity contribution is 5.31. The van der Waals surface area contributed by atoms with E-state index in [4.69, 9.17) is 5.26 Å². The van der Waals surface area contributed by atoms with Crippen molar-refractivity contribution in [1.82, 2.24) is 20.2 Å². The molecule has 0 unspecified atom stereocenters. The van der Waals surface area contributed by atoms with Crippen molar-refractivity contribution in [1.29, 1.82) is 5.26 Å². The summed E-state index contributed by atoms with van der Waals surface area (Å²) in [6, 6.07) is 3.53. The van der Waals surface area contributed by atoms with E-state index in [1.807, 2.05) is 13.0 Å². The first-order chi connectivity index (χ1) is 7.79. The maximum atomic E-state index is 8.68. The van der Waals surface area contributed by atoms with Gasteiger partial charge in [0.05, 0.1) is 6.20 Å². The molecule has 0 aliphatic heterocycles. The number of anilines is 1. The number of aromatic amines is 1. The summed E-state index contributed by atoms with van der Waals surface area (Å²) in [6.45, 7) is 2.52. The fraction of sp³-hybridized carbons (Fsp3) is 0.200. The Labute approximate surface area is 92.4 Å². The SMILES string of the molecule is Cc1[nH]ncc1CNc1nccc(C#N)n1. The smallest absolute Gasteiger partial charge is 0.224 e. The van der Waals surface area contributed by atoms with Crippen LogP contribution in [0.4, 0.5) is 5.95 Å². The average Bonchev–Trinajstić information content (AvgIpc) is 2.72. The third-order valence-electron chi connectivity index (χ3n) is 2.14. The lowest BCUT2D eigenvalue weighted by molar-refractivity contribution is 1.02. The number of H-pyrrole nitrogens is 1. The predicted molar refractivity (Wildman–Crippen MR) is 57.4 cm³/mol. The summed E-state index contributed by atoms with van der Waals surface area (Å²) in [7, 11) is 0. The van der Waals surface area contributed by atoms with Crippen LogP contribution < -0.4 is 5.32 Å². The third-order valence-corrected chi connectivity index (χ3v) is 2.14. The van der Waals surface area contributed by atoms with Gasteiger partial charge >= 0.3 is 0 Å². The molecule has 2 aromatic rings. The van der Waals surface area contributed by atoms with Crippen molar-refractivity contribution < 1.29 is 0 Å². The molecule has 0 aliphatic carbocycles. The number of nitrogens with one attached hydrogen (secondary N) is 2. The van der Waals surface area contributed by atoms with Gasteiger partial charge in [-0.1, -0.05) is 0 Å². The minimum absolute atomic E-state index is 0.349. The van der Waals surface area contributed by atoms with Crippen molar-refractivity contribution >= 4 is 5.95 Å². The summed E-state index contributed by atoms with van der Waals surface area (Å²) < 4.78 is 0. The molecule has 80 valence electrons. The zero-order valence-electron chi connectivity index (χ0n) is 8.73. The summed E-state index contributed by atoms with van der Waals surface area (Å²) in [5.74, 6) is 0.444. The molecule has 16 heavy (non-hydrogen) atoms. The highest BCUT2D eigenvalue weighted by Crippen LogP contribution is 2.06. The summed E-state index contributed by atoms with van der Waals surface area (Å²) in [6.07, 6.45) is 3.30. The van der Waals surface area contributed by atoms with Crippen LogP contribution in [0.2, 0.25) is 0 Å². The first-order valence-corrected chi connectivity index (χ1v) is 4.75. The van der Waals surface area contributed by atoms with Gasteiger partial charge in [0, 0.05) is 24.0 Å². The molecule has 0 saturated heterocycles. The van der Waals surface area contributed by atoms with Crippen LogP contribution in [0, 0.1) is 18.3 Å². The van der Waals surface area contributed by atoms with E-state index in [1.54, 1.807) is 18.5 Å². The van der Waals surface area contributed by atoms with Gasteiger partial charge in [0.15, 0.2) is 0 Å². The van der Waals surface area contributed by atoms with Crippen molar-refractivity contribution in [2.24, 2.45) is 0 Å². The Hall–Kier alpha value is -2.42. The largest absolute Gasteiger partial charge is 0.350 e. The molecule has 0 radical (unpaired) electrons. The van der Waals surface area contributed by atoms with Crippen molar-refractivity contribution in [2.75, 3.05) is 5.32 Å². The van der Waals surface area contributed by atoms with Gasteiger partial charge in [-0.25, -0.2) is 9.97 Å². The molecule has 0 atom stereocenters. The fourth-order valence-corrected chi connectivity index (χ4v) is 1.23. The molecule has 0 amide bonds. The Morgan fingerprint density at radius 2 is 2.44 bits per heavy atom. The van der Waals surface area contributed by atoms with Gasteiger partial charge in [-0.05, 0) is 13.0 Å². The van der Waals surface area contributed by atoms with Gasteiger partial charge in [0.2, 0.25) is 5.95 Å². The fourth-order valence-electron chi connectivity index (χ4n) is 1.23. The lowest BCUT2D eigenvalue weighted by Crippen LogP contribution is -2.04. The van der Waals surface area contributed by atoms with Crippen molar-refractivity contribution in [3.05, 3.63) is 35.4 Å². The second-order valence-corrected chi connectivity index (χ2v) is 3.25. The topological polar surface area (TPSA) is 90.3 Å². The summed E-state index contributed by atoms with van der Waals surface area (Å²) in [5.41, 5.74) is 2.40. The van der Waals surface area contributed by atoms with Gasteiger partial charge in [0.1, 0.15) is 11.8 Å². The van der Waals surface area contributed by atoms with Gasteiger partial charge < -0.3 is 5.32 Å². The first-order valence-electron chi connectivity index (χ1n) is 4.75. The highest BCUT2D eigenvalue weighted by Gasteiger charge is 2.02. The molecule has 2 heterocycles. The van der Waals surface area contributed by atoms with Crippen LogP contribution in [0.1, 0.15) is 17.0 Å². The lowest BCUT2D eigenvalue weighted by Gasteiger charge is -2.03. The summed E-state index contributed by atoms with van der Waals surface area (Å²) in [4.78, 5) is 8.02. The van der Waals surface area contributed by atoms with E-state index in [-0.39, 0.29) is 0 Å². The van der Waals surface area contributed by atoms with Crippen LogP contribution in [0.15, 0.2) is 18.5 Å². The molecule has 0 spiro atoms. The number of nitrogens with zero attached hydrogens (tertiary/aromatic N) is 4. The summed E-state index contributed by atoms with van der Waals surface area (Å²) in [5, 5.41) is 18.5. The van der Waals surface area contributed by atoms with Crippen LogP contribution in [0.5, 0.6) is 0 Å². The number of nitriles is 1. The number of aryl methyl sites for hydroxylation is 1. The molecule has 6 heteroatoms. The molecule has 2 N–H and O–H groups in total. The number of hydrogen-bond acceptors (Lipinski definition) is 5. The van der Waals surface area contributed by atoms with Crippen molar-refractivity contribution in [2.45, 2.75) is 13.5 Å². The second-order valence-electron chi connectivity index (χ2n) is 3.25.